The van der Waals surface area contributed by atoms with Crippen molar-refractivity contribution in [2.45, 2.75) is 41.2 Å². The van der Waals surface area contributed by atoms with Crippen molar-refractivity contribution in [2.24, 2.45) is 5.41 Å². The van der Waals surface area contributed by atoms with E-state index in [1.54, 1.807) is 34.6 Å². The molecule has 21 heavy (non-hydrogen) atoms. The minimum absolute atomic E-state index is 0.0665. The van der Waals surface area contributed by atoms with Gasteiger partial charge in [-0.3, -0.25) is 14.2 Å². The molecule has 0 N–H and O–H groups in total. The average molecular weight is 311 g/mol. The van der Waals surface area contributed by atoms with Crippen LogP contribution in [0.4, 0.5) is 0 Å². The highest BCUT2D eigenvalue weighted by atomic mass is 32.1. The molecule has 1 heterocycles. The summed E-state index contributed by atoms with van der Waals surface area (Å²) < 4.78 is 7.02. The van der Waals surface area contributed by atoms with Crippen LogP contribution in [0.15, 0.2) is 4.79 Å². The Morgan fingerprint density at radius 2 is 1.86 bits per heavy atom. The van der Waals surface area contributed by atoms with E-state index in [1.165, 1.54) is 4.57 Å². The third kappa shape index (κ3) is 3.50. The van der Waals surface area contributed by atoms with Gasteiger partial charge in [0.15, 0.2) is 5.78 Å². The first-order valence-corrected chi connectivity index (χ1v) is 7.61. The van der Waals surface area contributed by atoms with Crippen LogP contribution in [0.5, 0.6) is 0 Å². The monoisotopic (exact) mass is 311 g/mol. The zero-order chi connectivity index (χ0) is 16.4. The number of hydrogen-bond donors (Lipinski definition) is 0. The summed E-state index contributed by atoms with van der Waals surface area (Å²) in [5.41, 5.74) is -1.09. The number of ketones is 1. The minimum Gasteiger partial charge on any atom is -0.462 e. The van der Waals surface area contributed by atoms with Gasteiger partial charge >= 0.3 is 5.97 Å². The van der Waals surface area contributed by atoms with E-state index in [4.69, 9.17) is 4.74 Å². The smallest absolute Gasteiger partial charge is 0.344 e. The molecule has 1 rings (SSSR count). The molecule has 0 atom stereocenters. The quantitative estimate of drug-likeness (QED) is 0.605. The van der Waals surface area contributed by atoms with Gasteiger partial charge in [-0.25, -0.2) is 4.79 Å². The Balaban J connectivity index is 3.81. The SMILES string of the molecule is C=c1sc(=C(C(=O)OCC)C(=O)C(C)(C)C)n(CC)c1=O. The summed E-state index contributed by atoms with van der Waals surface area (Å²) in [4.78, 5) is 36.8. The first-order valence-electron chi connectivity index (χ1n) is 6.79. The van der Waals surface area contributed by atoms with Crippen molar-refractivity contribution < 1.29 is 14.3 Å². The van der Waals surface area contributed by atoms with Crippen LogP contribution in [0.3, 0.4) is 0 Å². The average Bonchev–Trinajstić information content (AvgIpc) is 2.64. The third-order valence-corrected chi connectivity index (χ3v) is 3.91. The van der Waals surface area contributed by atoms with E-state index < -0.39 is 11.4 Å². The van der Waals surface area contributed by atoms with Crippen molar-refractivity contribution in [2.75, 3.05) is 6.61 Å². The summed E-state index contributed by atoms with van der Waals surface area (Å²) in [6, 6.07) is 0. The predicted octanol–water partition coefficient (Wildman–Crippen LogP) is 0.669. The number of hydrogen-bond acceptors (Lipinski definition) is 5. The second kappa shape index (κ2) is 6.39. The van der Waals surface area contributed by atoms with Crippen LogP contribution in [-0.2, 0) is 20.9 Å². The van der Waals surface area contributed by atoms with Gasteiger partial charge in [0.25, 0.3) is 5.56 Å². The highest BCUT2D eigenvalue weighted by Crippen LogP contribution is 2.21. The summed E-state index contributed by atoms with van der Waals surface area (Å²) >= 11 is 1.05. The molecular weight excluding hydrogens is 290 g/mol. The van der Waals surface area contributed by atoms with Crippen LogP contribution >= 0.6 is 11.3 Å². The van der Waals surface area contributed by atoms with Crippen molar-refractivity contribution in [3.63, 3.8) is 0 Å². The molecule has 0 unspecified atom stereocenters. The number of carbonyl (C=O) groups excluding carboxylic acids is 2. The Morgan fingerprint density at radius 3 is 2.29 bits per heavy atom. The lowest BCUT2D eigenvalue weighted by molar-refractivity contribution is -0.138. The predicted molar refractivity (Wildman–Crippen MR) is 83.5 cm³/mol. The summed E-state index contributed by atoms with van der Waals surface area (Å²) in [7, 11) is 0. The first kappa shape index (κ1) is 17.4. The Bertz CT molecular complexity index is 718. The number of carbonyl (C=O) groups is 2. The summed E-state index contributed by atoms with van der Waals surface area (Å²) in [5, 5.41) is 0. The Labute approximate surface area is 127 Å². The van der Waals surface area contributed by atoms with E-state index in [0.717, 1.165) is 11.3 Å². The molecule has 0 fully saturated rings. The van der Waals surface area contributed by atoms with E-state index in [0.29, 0.717) is 15.7 Å². The molecule has 0 aromatic carbocycles. The van der Waals surface area contributed by atoms with Gasteiger partial charge in [-0.1, -0.05) is 27.4 Å². The zero-order valence-electron chi connectivity index (χ0n) is 13.1. The number of Topliss-reactive ketones (excluding diaryl/α,β-unsaturated/α-hetero) is 1. The third-order valence-electron chi connectivity index (χ3n) is 2.87. The van der Waals surface area contributed by atoms with E-state index >= 15 is 0 Å². The fourth-order valence-corrected chi connectivity index (χ4v) is 2.82. The van der Waals surface area contributed by atoms with Gasteiger partial charge in [-0.2, -0.15) is 0 Å². The highest BCUT2D eigenvalue weighted by molar-refractivity contribution is 7.07. The van der Waals surface area contributed by atoms with Gasteiger partial charge in [0.1, 0.15) is 10.2 Å². The van der Waals surface area contributed by atoms with Crippen LogP contribution in [0.1, 0.15) is 34.6 Å². The molecule has 0 aliphatic heterocycles. The molecule has 0 bridgehead atoms. The first-order chi connectivity index (χ1) is 9.65. The molecule has 0 aliphatic rings. The van der Waals surface area contributed by atoms with Crippen molar-refractivity contribution in [1.82, 2.24) is 4.57 Å². The maximum Gasteiger partial charge on any atom is 0.344 e. The van der Waals surface area contributed by atoms with Crippen LogP contribution < -0.4 is 14.8 Å². The maximum atomic E-state index is 12.6. The summed E-state index contributed by atoms with van der Waals surface area (Å²) in [6.45, 7) is 12.8. The number of esters is 1. The topological polar surface area (TPSA) is 65.4 Å². The van der Waals surface area contributed by atoms with Crippen molar-refractivity contribution in [3.05, 3.63) is 19.5 Å². The number of ether oxygens (including phenoxy) is 1. The second-order valence-corrected chi connectivity index (χ2v) is 6.64. The molecule has 0 amide bonds. The van der Waals surface area contributed by atoms with E-state index in [-0.39, 0.29) is 23.5 Å². The van der Waals surface area contributed by atoms with Gasteiger partial charge in [-0.15, -0.1) is 11.3 Å². The fraction of sp³-hybridized carbons (Fsp3) is 0.533. The van der Waals surface area contributed by atoms with Crippen molar-refractivity contribution >= 4 is 35.2 Å². The zero-order valence-corrected chi connectivity index (χ0v) is 13.9. The molecular formula is C15H21NO4S. The molecule has 0 radical (unpaired) electrons. The lowest BCUT2D eigenvalue weighted by atomic mass is 9.86. The number of rotatable bonds is 4. The van der Waals surface area contributed by atoms with Gasteiger partial charge < -0.3 is 4.74 Å². The van der Waals surface area contributed by atoms with E-state index in [1.807, 2.05) is 0 Å². The molecule has 0 saturated carbocycles. The lowest BCUT2D eigenvalue weighted by Gasteiger charge is -2.18. The molecule has 5 nitrogen and oxygen atoms in total. The number of aromatic nitrogens is 1. The largest absolute Gasteiger partial charge is 0.462 e. The van der Waals surface area contributed by atoms with Gasteiger partial charge in [-0.05, 0) is 13.8 Å². The maximum absolute atomic E-state index is 12.6. The van der Waals surface area contributed by atoms with Crippen LogP contribution in [0.25, 0.3) is 12.2 Å². The molecule has 6 heteroatoms. The molecule has 1 aromatic heterocycles. The highest BCUT2D eigenvalue weighted by Gasteiger charge is 2.32. The molecule has 0 aliphatic carbocycles. The van der Waals surface area contributed by atoms with Gasteiger partial charge in [0.2, 0.25) is 0 Å². The van der Waals surface area contributed by atoms with E-state index in [2.05, 4.69) is 6.58 Å². The van der Waals surface area contributed by atoms with Crippen molar-refractivity contribution in [3.8, 4) is 0 Å². The Hall–Kier alpha value is -1.69. The summed E-state index contributed by atoms with van der Waals surface area (Å²) in [5.74, 6) is -1.04. The number of thiazole rings is 1. The minimum atomic E-state index is -0.748. The molecule has 0 spiro atoms. The van der Waals surface area contributed by atoms with Crippen LogP contribution in [0, 0.1) is 5.41 Å². The fourth-order valence-electron chi connectivity index (χ4n) is 1.79. The van der Waals surface area contributed by atoms with Crippen molar-refractivity contribution in [1.29, 1.82) is 0 Å². The Kier molecular flexibility index (Phi) is 5.28. The van der Waals surface area contributed by atoms with Gasteiger partial charge in [0.05, 0.1) is 11.1 Å². The second-order valence-electron chi connectivity index (χ2n) is 5.55. The molecule has 1 aromatic rings. The van der Waals surface area contributed by atoms with E-state index in [9.17, 15) is 14.4 Å². The lowest BCUT2D eigenvalue weighted by Crippen LogP contribution is -2.36. The van der Waals surface area contributed by atoms with Crippen LogP contribution in [0.2, 0.25) is 0 Å². The standard InChI is InChI=1S/C15H21NO4S/c1-7-16-12(18)9(3)21-13(16)10(14(19)20-8-2)11(17)15(4,5)6/h3,7-8H2,1-2,4-6H3. The molecule has 116 valence electrons. The Morgan fingerprint density at radius 1 is 1.29 bits per heavy atom. The summed E-state index contributed by atoms with van der Waals surface area (Å²) in [6.07, 6.45) is 0. The number of nitrogens with zero attached hydrogens (tertiary/aromatic N) is 1. The normalized spacial score (nSPS) is 13.0. The van der Waals surface area contributed by atoms with Crippen LogP contribution in [-0.4, -0.2) is 22.9 Å². The molecule has 0 saturated heterocycles. The van der Waals surface area contributed by atoms with Gasteiger partial charge in [0, 0.05) is 12.0 Å².